The van der Waals surface area contributed by atoms with E-state index < -0.39 is 0 Å². The van der Waals surface area contributed by atoms with Crippen LogP contribution >= 0.6 is 22.7 Å². The van der Waals surface area contributed by atoms with Crippen molar-refractivity contribution in [3.63, 3.8) is 0 Å². The summed E-state index contributed by atoms with van der Waals surface area (Å²) >= 11 is 3.26. The summed E-state index contributed by atoms with van der Waals surface area (Å²) in [6.45, 7) is 5.26. The maximum atomic E-state index is 13.1. The number of nitrogens with one attached hydrogen (secondary N) is 1. The Bertz CT molecular complexity index is 855. The summed E-state index contributed by atoms with van der Waals surface area (Å²) in [6.07, 6.45) is 2.52. The molecule has 134 valence electrons. The first-order valence-electron chi connectivity index (χ1n) is 8.44. The van der Waals surface area contributed by atoms with Gasteiger partial charge in [0.05, 0.1) is 23.9 Å². The average molecular weight is 386 g/mol. The van der Waals surface area contributed by atoms with Crippen molar-refractivity contribution in [3.05, 3.63) is 68.7 Å². The molecule has 2 aromatic heterocycles. The van der Waals surface area contributed by atoms with Gasteiger partial charge in [-0.2, -0.15) is 11.3 Å². The number of carbonyl (C=O) groups excluding carboxylic acids is 2. The summed E-state index contributed by atoms with van der Waals surface area (Å²) in [5.41, 5.74) is 2.46. The molecule has 3 amide bonds. The number of hydrogen-bond acceptors (Lipinski definition) is 4. The van der Waals surface area contributed by atoms with Crippen LogP contribution < -0.4 is 5.32 Å². The highest BCUT2D eigenvalue weighted by Gasteiger charge is 2.43. The summed E-state index contributed by atoms with van der Waals surface area (Å²) < 4.78 is 0. The topological polar surface area (TPSA) is 52.7 Å². The van der Waals surface area contributed by atoms with Gasteiger partial charge in [0, 0.05) is 18.0 Å². The number of rotatable bonds is 6. The van der Waals surface area contributed by atoms with Gasteiger partial charge in [-0.1, -0.05) is 12.1 Å². The first kappa shape index (κ1) is 17.1. The smallest absolute Gasteiger partial charge is 0.322 e. The molecule has 1 atom stereocenters. The van der Waals surface area contributed by atoms with Crippen LogP contribution in [-0.2, 0) is 11.2 Å². The van der Waals surface area contributed by atoms with Gasteiger partial charge in [0.2, 0.25) is 0 Å². The Morgan fingerprint density at radius 1 is 1.31 bits per heavy atom. The van der Waals surface area contributed by atoms with Crippen molar-refractivity contribution >= 4 is 34.6 Å². The van der Waals surface area contributed by atoms with Crippen molar-refractivity contribution in [1.29, 1.82) is 0 Å². The molecule has 4 rings (SSSR count). The van der Waals surface area contributed by atoms with Crippen LogP contribution in [0.3, 0.4) is 0 Å². The number of nitrogens with zero attached hydrogens (tertiary/aromatic N) is 2. The van der Waals surface area contributed by atoms with Crippen LogP contribution in [0, 0.1) is 0 Å². The lowest BCUT2D eigenvalue weighted by Gasteiger charge is -2.32. The van der Waals surface area contributed by atoms with E-state index in [9.17, 15) is 9.59 Å². The maximum absolute atomic E-state index is 13.1. The molecule has 7 heteroatoms. The SMILES string of the molecule is C=CCN1C(=O)N[C@@H](c2ccsc2)C2=C1CN(CCc1cccs1)C2=O. The zero-order valence-electron chi connectivity index (χ0n) is 14.2. The molecule has 26 heavy (non-hydrogen) atoms. The highest BCUT2D eigenvalue weighted by Crippen LogP contribution is 2.36. The van der Waals surface area contributed by atoms with Crippen molar-refractivity contribution in [1.82, 2.24) is 15.1 Å². The Morgan fingerprint density at radius 2 is 2.19 bits per heavy atom. The third-order valence-corrected chi connectivity index (χ3v) is 6.33. The van der Waals surface area contributed by atoms with E-state index in [1.807, 2.05) is 33.2 Å². The normalized spacial score (nSPS) is 19.8. The number of amides is 3. The van der Waals surface area contributed by atoms with Gasteiger partial charge in [-0.05, 0) is 40.3 Å². The molecule has 0 unspecified atom stereocenters. The van der Waals surface area contributed by atoms with E-state index in [0.29, 0.717) is 25.2 Å². The van der Waals surface area contributed by atoms with Crippen LogP contribution in [0.25, 0.3) is 0 Å². The number of carbonyl (C=O) groups is 2. The Kier molecular flexibility index (Phi) is 4.65. The van der Waals surface area contributed by atoms with Crippen molar-refractivity contribution in [2.45, 2.75) is 12.5 Å². The monoisotopic (exact) mass is 385 g/mol. The molecule has 4 heterocycles. The number of urea groups is 1. The van der Waals surface area contributed by atoms with Gasteiger partial charge in [-0.25, -0.2) is 4.79 Å². The maximum Gasteiger partial charge on any atom is 0.322 e. The third-order valence-electron chi connectivity index (χ3n) is 4.69. The lowest BCUT2D eigenvalue weighted by atomic mass is 9.98. The summed E-state index contributed by atoms with van der Waals surface area (Å²) in [7, 11) is 0. The summed E-state index contributed by atoms with van der Waals surface area (Å²) in [5.74, 6) is 0.0156. The molecule has 1 N–H and O–H groups in total. The first-order chi connectivity index (χ1) is 12.7. The van der Waals surface area contributed by atoms with Gasteiger partial charge in [-0.15, -0.1) is 17.9 Å². The molecule has 0 radical (unpaired) electrons. The Hall–Kier alpha value is -2.38. The summed E-state index contributed by atoms with van der Waals surface area (Å²) in [6, 6.07) is 5.53. The second-order valence-electron chi connectivity index (χ2n) is 6.25. The zero-order valence-corrected chi connectivity index (χ0v) is 15.8. The van der Waals surface area contributed by atoms with Crippen LogP contribution in [-0.4, -0.2) is 41.4 Å². The Labute approximate surface area is 160 Å². The lowest BCUT2D eigenvalue weighted by Crippen LogP contribution is -2.47. The molecule has 0 saturated heterocycles. The highest BCUT2D eigenvalue weighted by atomic mass is 32.1. The molecule has 0 aromatic carbocycles. The number of hydrogen-bond donors (Lipinski definition) is 1. The molecule has 2 aliphatic heterocycles. The minimum Gasteiger partial charge on any atom is -0.333 e. The number of thiophene rings is 2. The molecular weight excluding hydrogens is 366 g/mol. The quantitative estimate of drug-likeness (QED) is 0.775. The fraction of sp³-hybridized carbons (Fsp3) is 0.263. The van der Waals surface area contributed by atoms with E-state index >= 15 is 0 Å². The Balaban J connectivity index is 1.62. The highest BCUT2D eigenvalue weighted by molar-refractivity contribution is 7.09. The predicted molar refractivity (Wildman–Crippen MR) is 104 cm³/mol. The average Bonchev–Trinajstić information content (AvgIpc) is 3.37. The van der Waals surface area contributed by atoms with Crippen molar-refractivity contribution < 1.29 is 9.59 Å². The Morgan fingerprint density at radius 3 is 2.88 bits per heavy atom. The molecule has 5 nitrogen and oxygen atoms in total. The largest absolute Gasteiger partial charge is 0.333 e. The third kappa shape index (κ3) is 2.97. The molecule has 0 fully saturated rings. The molecule has 0 saturated carbocycles. The van der Waals surface area contributed by atoms with E-state index in [2.05, 4.69) is 18.0 Å². The van der Waals surface area contributed by atoms with Crippen LogP contribution in [0.4, 0.5) is 4.79 Å². The molecule has 0 bridgehead atoms. The first-order valence-corrected chi connectivity index (χ1v) is 10.3. The second-order valence-corrected chi connectivity index (χ2v) is 8.07. The predicted octanol–water partition coefficient (Wildman–Crippen LogP) is 3.40. The minimum atomic E-state index is -0.371. The van der Waals surface area contributed by atoms with Crippen LogP contribution in [0.5, 0.6) is 0 Å². The second kappa shape index (κ2) is 7.09. The van der Waals surface area contributed by atoms with E-state index in [-0.39, 0.29) is 18.0 Å². The van der Waals surface area contributed by atoms with E-state index in [1.165, 1.54) is 4.88 Å². The molecule has 0 spiro atoms. The van der Waals surface area contributed by atoms with Gasteiger partial charge in [0.25, 0.3) is 5.91 Å². The van der Waals surface area contributed by atoms with Crippen molar-refractivity contribution in [3.8, 4) is 0 Å². The van der Waals surface area contributed by atoms with E-state index in [0.717, 1.165) is 17.7 Å². The van der Waals surface area contributed by atoms with Crippen LogP contribution in [0.15, 0.2) is 58.3 Å². The zero-order chi connectivity index (χ0) is 18.1. The molecule has 0 aliphatic carbocycles. The summed E-state index contributed by atoms with van der Waals surface area (Å²) in [4.78, 5) is 30.5. The summed E-state index contributed by atoms with van der Waals surface area (Å²) in [5, 5.41) is 8.99. The van der Waals surface area contributed by atoms with E-state index in [4.69, 9.17) is 0 Å². The van der Waals surface area contributed by atoms with E-state index in [1.54, 1.807) is 33.6 Å². The fourth-order valence-corrected chi connectivity index (χ4v) is 4.82. The minimum absolute atomic E-state index is 0.0156. The van der Waals surface area contributed by atoms with Gasteiger partial charge in [0.1, 0.15) is 0 Å². The molecule has 2 aliphatic rings. The van der Waals surface area contributed by atoms with Crippen LogP contribution in [0.2, 0.25) is 0 Å². The van der Waals surface area contributed by atoms with Crippen molar-refractivity contribution in [2.24, 2.45) is 0 Å². The van der Waals surface area contributed by atoms with Gasteiger partial charge >= 0.3 is 6.03 Å². The van der Waals surface area contributed by atoms with Crippen molar-refractivity contribution in [2.75, 3.05) is 19.6 Å². The van der Waals surface area contributed by atoms with Gasteiger partial charge in [-0.3, -0.25) is 9.69 Å². The van der Waals surface area contributed by atoms with Gasteiger partial charge < -0.3 is 10.2 Å². The standard InChI is InChI=1S/C19H19N3O2S2/c1-2-7-22-15-11-21(8-5-14-4-3-9-26-14)18(23)16(15)17(20-19(22)24)13-6-10-25-12-13/h2-4,6,9-10,12,17H,1,5,7-8,11H2,(H,20,24)/t17-/m0/s1. The van der Waals surface area contributed by atoms with Gasteiger partial charge in [0.15, 0.2) is 0 Å². The molecule has 2 aromatic rings. The molecular formula is C19H19N3O2S2. The van der Waals surface area contributed by atoms with Crippen LogP contribution in [0.1, 0.15) is 16.5 Å². The fourth-order valence-electron chi connectivity index (χ4n) is 3.44. The lowest BCUT2D eigenvalue weighted by molar-refractivity contribution is -0.125.